The summed E-state index contributed by atoms with van der Waals surface area (Å²) in [4.78, 5) is 44.8. The maximum absolute atomic E-state index is 14.2. The van der Waals surface area contributed by atoms with Crippen molar-refractivity contribution in [3.63, 3.8) is 0 Å². The van der Waals surface area contributed by atoms with Gasteiger partial charge < -0.3 is 9.64 Å². The Labute approximate surface area is 225 Å². The van der Waals surface area contributed by atoms with E-state index < -0.39 is 53.1 Å². The zero-order valence-corrected chi connectivity index (χ0v) is 21.5. The molecule has 3 aromatic heterocycles. The molecule has 0 aliphatic carbocycles. The average Bonchev–Trinajstić information content (AvgIpc) is 3.67. The van der Waals surface area contributed by atoms with E-state index in [0.717, 1.165) is 22.7 Å². The molecule has 5 heterocycles. The first-order chi connectivity index (χ1) is 18.1. The molecule has 10 nitrogen and oxygen atoms in total. The first-order valence-electron chi connectivity index (χ1n) is 11.1. The van der Waals surface area contributed by atoms with E-state index in [0.29, 0.717) is 26.7 Å². The molecule has 3 aromatic rings. The third-order valence-corrected chi connectivity index (χ3v) is 7.91. The second kappa shape index (κ2) is 10.0. The number of thiophene rings is 1. The second-order valence-electron chi connectivity index (χ2n) is 8.41. The topological polar surface area (TPSA) is 121 Å². The number of hydrogen-bond donors (Lipinski definition) is 0. The number of thiazole rings is 1. The van der Waals surface area contributed by atoms with Crippen LogP contribution in [0.5, 0.6) is 5.88 Å². The number of halogens is 4. The van der Waals surface area contributed by atoms with Crippen molar-refractivity contribution in [1.29, 1.82) is 5.26 Å². The quantitative estimate of drug-likeness (QED) is 0.411. The maximum Gasteiger partial charge on any atom is 0.410 e. The smallest absolute Gasteiger partial charge is 0.410 e. The van der Waals surface area contributed by atoms with Crippen molar-refractivity contribution in [3.8, 4) is 11.9 Å². The van der Waals surface area contributed by atoms with E-state index in [2.05, 4.69) is 10.1 Å². The summed E-state index contributed by atoms with van der Waals surface area (Å²) < 4.78 is 49.4. The number of likely N-dealkylation sites (tertiary alicyclic amines) is 2. The summed E-state index contributed by atoms with van der Waals surface area (Å²) in [5, 5.41) is 15.3. The van der Waals surface area contributed by atoms with Gasteiger partial charge in [0.05, 0.1) is 15.5 Å². The van der Waals surface area contributed by atoms with Gasteiger partial charge in [0.2, 0.25) is 11.8 Å². The van der Waals surface area contributed by atoms with Crippen LogP contribution < -0.4 is 4.74 Å². The number of carbonyl (C=O) groups excluding carboxylic acids is 3. The molecule has 2 aliphatic rings. The molecule has 0 radical (unpaired) electrons. The highest BCUT2D eigenvalue weighted by molar-refractivity contribution is 7.16. The average molecular weight is 585 g/mol. The highest BCUT2D eigenvalue weighted by Crippen LogP contribution is 2.47. The summed E-state index contributed by atoms with van der Waals surface area (Å²) in [6.07, 6.45) is -3.78. The van der Waals surface area contributed by atoms with Crippen molar-refractivity contribution in [2.75, 3.05) is 13.1 Å². The van der Waals surface area contributed by atoms with Crippen LogP contribution in [-0.2, 0) is 11.4 Å². The molecule has 2 atom stereocenters. The Bertz CT molecular complexity index is 1440. The van der Waals surface area contributed by atoms with Crippen LogP contribution in [0.2, 0.25) is 4.34 Å². The molecule has 3 amide bonds. The summed E-state index contributed by atoms with van der Waals surface area (Å²) in [7, 11) is 0. The lowest BCUT2D eigenvalue weighted by atomic mass is 9.82. The van der Waals surface area contributed by atoms with E-state index in [9.17, 15) is 32.8 Å². The van der Waals surface area contributed by atoms with Crippen LogP contribution in [0.4, 0.5) is 18.0 Å². The van der Waals surface area contributed by atoms with Gasteiger partial charge in [0.1, 0.15) is 29.9 Å². The number of imide groups is 1. The SMILES string of the molecule is N#Cc1c(C2C(=O)N(C(=O)N3CCCC3)C2C(F)(F)F)nn(C(=O)c2cscn2)c1OCc1ccc(Cl)s1. The molecule has 0 aromatic carbocycles. The van der Waals surface area contributed by atoms with E-state index in [1.165, 1.54) is 15.8 Å². The van der Waals surface area contributed by atoms with Crippen LogP contribution in [0.3, 0.4) is 0 Å². The van der Waals surface area contributed by atoms with Gasteiger partial charge in [-0.3, -0.25) is 9.59 Å². The van der Waals surface area contributed by atoms with E-state index in [4.69, 9.17) is 16.3 Å². The fourth-order valence-electron chi connectivity index (χ4n) is 4.37. The van der Waals surface area contributed by atoms with Crippen LogP contribution in [0, 0.1) is 11.3 Å². The van der Waals surface area contributed by atoms with Crippen LogP contribution >= 0.6 is 34.3 Å². The fraction of sp³-hybridized carbons (Fsp3) is 0.364. The lowest BCUT2D eigenvalue weighted by Crippen LogP contribution is -2.69. The largest absolute Gasteiger partial charge is 0.471 e. The van der Waals surface area contributed by atoms with E-state index >= 15 is 0 Å². The normalized spacial score (nSPS) is 19.4. The van der Waals surface area contributed by atoms with Gasteiger partial charge in [-0.25, -0.2) is 14.7 Å². The van der Waals surface area contributed by atoms with Crippen molar-refractivity contribution in [2.24, 2.45) is 0 Å². The van der Waals surface area contributed by atoms with E-state index in [1.807, 2.05) is 0 Å². The Morgan fingerprint density at radius 3 is 2.58 bits per heavy atom. The molecule has 198 valence electrons. The number of nitrogens with zero attached hydrogens (tertiary/aromatic N) is 6. The zero-order valence-electron chi connectivity index (χ0n) is 19.1. The molecule has 38 heavy (non-hydrogen) atoms. The zero-order chi connectivity index (χ0) is 27.2. The number of amides is 3. The number of rotatable bonds is 5. The molecule has 0 saturated carbocycles. The number of hydrogen-bond acceptors (Lipinski definition) is 9. The minimum atomic E-state index is -5.02. The van der Waals surface area contributed by atoms with Crippen LogP contribution in [-0.4, -0.2) is 67.7 Å². The first kappa shape index (κ1) is 26.1. The molecule has 2 saturated heterocycles. The lowest BCUT2D eigenvalue weighted by Gasteiger charge is -2.46. The predicted octanol–water partition coefficient (Wildman–Crippen LogP) is 4.27. The summed E-state index contributed by atoms with van der Waals surface area (Å²) in [6.45, 7) is 0.300. The van der Waals surface area contributed by atoms with Gasteiger partial charge in [0, 0.05) is 23.3 Å². The van der Waals surface area contributed by atoms with Crippen molar-refractivity contribution in [3.05, 3.63) is 49.2 Å². The molecule has 0 spiro atoms. The highest BCUT2D eigenvalue weighted by Gasteiger charge is 2.65. The van der Waals surface area contributed by atoms with Gasteiger partial charge in [-0.05, 0) is 25.0 Å². The molecule has 5 rings (SSSR count). The number of ether oxygens (including phenoxy) is 1. The summed E-state index contributed by atoms with van der Waals surface area (Å²) in [5.74, 6) is -4.49. The number of carbonyl (C=O) groups is 3. The van der Waals surface area contributed by atoms with Crippen LogP contribution in [0.15, 0.2) is 23.0 Å². The Kier molecular flexibility index (Phi) is 6.88. The van der Waals surface area contributed by atoms with Crippen LogP contribution in [0.1, 0.15) is 45.4 Å². The minimum Gasteiger partial charge on any atom is -0.471 e. The standard InChI is InChI=1S/C22H16ClF3N6O4S2/c23-14-4-3-11(38-14)8-36-20-12(7-27)16(29-32(20)18(33)13-9-37-10-28-13)15-17(22(24,25)26)31(19(15)34)21(35)30-5-1-2-6-30/h3-4,9-10,15,17H,1-2,5-6,8H2. The number of aromatic nitrogens is 3. The lowest BCUT2D eigenvalue weighted by molar-refractivity contribution is -0.212. The summed E-state index contributed by atoms with van der Waals surface area (Å²) >= 11 is 8.19. The van der Waals surface area contributed by atoms with E-state index in [-0.39, 0.29) is 30.3 Å². The molecule has 2 fully saturated rings. The molecule has 0 N–H and O–H groups in total. The van der Waals surface area contributed by atoms with Crippen molar-refractivity contribution >= 4 is 52.1 Å². The Hall–Kier alpha value is -3.48. The molecule has 0 bridgehead atoms. The van der Waals surface area contributed by atoms with E-state index in [1.54, 1.807) is 18.2 Å². The van der Waals surface area contributed by atoms with Gasteiger partial charge >= 0.3 is 18.1 Å². The molecular formula is C22H16ClF3N6O4S2. The molecular weight excluding hydrogens is 569 g/mol. The fourth-order valence-corrected chi connectivity index (χ4v) is 5.90. The van der Waals surface area contributed by atoms with Crippen molar-refractivity contribution in [2.45, 2.75) is 37.6 Å². The number of β-lactam (4-membered cyclic amide) rings is 1. The monoisotopic (exact) mass is 584 g/mol. The summed E-state index contributed by atoms with van der Waals surface area (Å²) in [5.41, 5.74) is 0.162. The second-order valence-corrected chi connectivity index (χ2v) is 10.9. The third-order valence-electron chi connectivity index (χ3n) is 6.12. The molecule has 2 aliphatic heterocycles. The van der Waals surface area contributed by atoms with Gasteiger partial charge in [-0.15, -0.1) is 22.7 Å². The number of nitriles is 1. The molecule has 16 heteroatoms. The Morgan fingerprint density at radius 1 is 1.26 bits per heavy atom. The molecule has 2 unspecified atom stereocenters. The van der Waals surface area contributed by atoms with Gasteiger partial charge in [0.25, 0.3) is 0 Å². The van der Waals surface area contributed by atoms with Crippen molar-refractivity contribution < 1.29 is 32.3 Å². The highest BCUT2D eigenvalue weighted by atomic mass is 35.5. The minimum absolute atomic E-state index is 0.0873. The first-order valence-corrected chi connectivity index (χ1v) is 13.3. The summed E-state index contributed by atoms with van der Waals surface area (Å²) in [6, 6.07) is 1.37. The number of alkyl halides is 3. The number of urea groups is 1. The maximum atomic E-state index is 14.2. The van der Waals surface area contributed by atoms with Gasteiger partial charge in [-0.1, -0.05) is 11.6 Å². The predicted molar refractivity (Wildman–Crippen MR) is 128 cm³/mol. The van der Waals surface area contributed by atoms with Gasteiger partial charge in [-0.2, -0.15) is 28.2 Å². The van der Waals surface area contributed by atoms with Crippen LogP contribution in [0.25, 0.3) is 0 Å². The Morgan fingerprint density at radius 2 is 2.00 bits per heavy atom. The van der Waals surface area contributed by atoms with Crippen molar-refractivity contribution in [1.82, 2.24) is 24.6 Å². The Balaban J connectivity index is 1.56. The van der Waals surface area contributed by atoms with Gasteiger partial charge in [0.15, 0.2) is 6.04 Å². The third kappa shape index (κ3) is 4.52.